The molecule has 0 fully saturated rings. The smallest absolute Gasteiger partial charge is 0.328 e. The minimum atomic E-state index is -0.776. The fourth-order valence-corrected chi connectivity index (χ4v) is 3.33. The third kappa shape index (κ3) is 1.90. The Balaban J connectivity index is 2.25. The number of aliphatic hydroxyl groups excluding tert-OH is 1. The van der Waals surface area contributed by atoms with E-state index in [0.717, 1.165) is 15.9 Å². The molecule has 6 heteroatoms. The quantitative estimate of drug-likeness (QED) is 0.791. The number of hydrogen-bond acceptors (Lipinski definition) is 3. The molecule has 0 amide bonds. The molecule has 0 radical (unpaired) electrons. The van der Waals surface area contributed by atoms with Crippen LogP contribution in [0.25, 0.3) is 11.0 Å². The molecule has 2 aromatic heterocycles. The number of rotatable bonds is 2. The van der Waals surface area contributed by atoms with Crippen molar-refractivity contribution in [1.82, 2.24) is 9.13 Å². The minimum Gasteiger partial charge on any atom is -0.383 e. The van der Waals surface area contributed by atoms with Crippen molar-refractivity contribution < 1.29 is 5.11 Å². The van der Waals surface area contributed by atoms with Crippen LogP contribution in [0.3, 0.4) is 0 Å². The highest BCUT2D eigenvalue weighted by Crippen LogP contribution is 2.33. The predicted molar refractivity (Wildman–Crippen MR) is 81.6 cm³/mol. The molecule has 1 unspecified atom stereocenters. The Morgan fingerprint density at radius 2 is 1.90 bits per heavy atom. The third-order valence-electron chi connectivity index (χ3n) is 3.50. The van der Waals surface area contributed by atoms with Gasteiger partial charge in [0.1, 0.15) is 6.10 Å². The molecule has 0 saturated heterocycles. The van der Waals surface area contributed by atoms with Gasteiger partial charge in [-0.3, -0.25) is 9.13 Å². The van der Waals surface area contributed by atoms with Crippen LogP contribution in [0.1, 0.15) is 16.5 Å². The van der Waals surface area contributed by atoms with Gasteiger partial charge in [-0.2, -0.15) is 0 Å². The Bertz CT molecular complexity index is 833. The van der Waals surface area contributed by atoms with Gasteiger partial charge in [0.2, 0.25) is 0 Å². The maximum absolute atomic E-state index is 11.9. The number of aryl methyl sites for hydroxylation is 2. The number of benzene rings is 1. The van der Waals surface area contributed by atoms with Gasteiger partial charge in [-0.15, -0.1) is 11.3 Å². The number of fused-ring (bicyclic) bond motifs is 1. The summed E-state index contributed by atoms with van der Waals surface area (Å²) in [5.74, 6) is 0. The average molecular weight is 309 g/mol. The second kappa shape index (κ2) is 4.77. The SMILES string of the molecule is Cn1c(=O)n(C)c2cc(C(O)c3cccs3)c(Cl)cc21. The van der Waals surface area contributed by atoms with Gasteiger partial charge in [-0.05, 0) is 23.6 Å². The second-order valence-corrected chi connectivity index (χ2v) is 6.07. The summed E-state index contributed by atoms with van der Waals surface area (Å²) in [6, 6.07) is 7.25. The van der Waals surface area contributed by atoms with Gasteiger partial charge in [-0.1, -0.05) is 17.7 Å². The van der Waals surface area contributed by atoms with E-state index >= 15 is 0 Å². The molecule has 0 aliphatic carbocycles. The van der Waals surface area contributed by atoms with E-state index in [-0.39, 0.29) is 5.69 Å². The highest BCUT2D eigenvalue weighted by molar-refractivity contribution is 7.10. The van der Waals surface area contributed by atoms with Crippen LogP contribution in [-0.4, -0.2) is 14.2 Å². The largest absolute Gasteiger partial charge is 0.383 e. The first kappa shape index (κ1) is 13.4. The molecule has 1 atom stereocenters. The summed E-state index contributed by atoms with van der Waals surface area (Å²) < 4.78 is 3.10. The molecule has 0 bridgehead atoms. The van der Waals surface area contributed by atoms with E-state index in [4.69, 9.17) is 11.6 Å². The molecule has 0 aliphatic rings. The summed E-state index contributed by atoms with van der Waals surface area (Å²) in [4.78, 5) is 12.8. The standard InChI is InChI=1S/C14H13ClN2O2S/c1-16-10-6-8(13(18)12-4-3-5-20-12)9(15)7-11(10)17(2)14(16)19/h3-7,13,18H,1-2H3. The fourth-order valence-electron chi connectivity index (χ4n) is 2.35. The number of hydrogen-bond donors (Lipinski definition) is 1. The van der Waals surface area contributed by atoms with Crippen molar-refractivity contribution >= 4 is 34.0 Å². The fraction of sp³-hybridized carbons (Fsp3) is 0.214. The van der Waals surface area contributed by atoms with Crippen LogP contribution in [0, 0.1) is 0 Å². The van der Waals surface area contributed by atoms with Crippen LogP contribution >= 0.6 is 22.9 Å². The summed E-state index contributed by atoms with van der Waals surface area (Å²) in [7, 11) is 3.41. The Kier molecular flexibility index (Phi) is 3.20. The number of imidazole rings is 1. The lowest BCUT2D eigenvalue weighted by atomic mass is 10.1. The van der Waals surface area contributed by atoms with Crippen LogP contribution in [0.4, 0.5) is 0 Å². The summed E-state index contributed by atoms with van der Waals surface area (Å²) in [5, 5.41) is 12.8. The molecular formula is C14H13ClN2O2S. The molecule has 0 saturated carbocycles. The first-order valence-corrected chi connectivity index (χ1v) is 7.32. The van der Waals surface area contributed by atoms with Gasteiger partial charge in [0, 0.05) is 29.6 Å². The summed E-state index contributed by atoms with van der Waals surface area (Å²) in [6.07, 6.45) is -0.776. The number of aromatic nitrogens is 2. The van der Waals surface area contributed by atoms with Crippen molar-refractivity contribution in [3.8, 4) is 0 Å². The van der Waals surface area contributed by atoms with Crippen LogP contribution < -0.4 is 5.69 Å². The summed E-state index contributed by atoms with van der Waals surface area (Å²) >= 11 is 7.74. The average Bonchev–Trinajstić information content (AvgIpc) is 3.03. The molecule has 3 rings (SSSR count). The summed E-state index contributed by atoms with van der Waals surface area (Å²) in [5.41, 5.74) is 2.01. The normalized spacial score (nSPS) is 13.0. The van der Waals surface area contributed by atoms with Gasteiger partial charge in [0.25, 0.3) is 0 Å². The van der Waals surface area contributed by atoms with E-state index in [9.17, 15) is 9.90 Å². The van der Waals surface area contributed by atoms with E-state index in [1.165, 1.54) is 11.3 Å². The zero-order chi connectivity index (χ0) is 14.4. The van der Waals surface area contributed by atoms with Crippen molar-refractivity contribution in [3.05, 3.63) is 55.6 Å². The minimum absolute atomic E-state index is 0.112. The van der Waals surface area contributed by atoms with Crippen LogP contribution in [0.15, 0.2) is 34.4 Å². The predicted octanol–water partition coefficient (Wildman–Crippen LogP) is 2.67. The molecule has 104 valence electrons. The molecule has 1 N–H and O–H groups in total. The Labute approximate surface area is 124 Å². The van der Waals surface area contributed by atoms with Gasteiger partial charge < -0.3 is 5.11 Å². The lowest BCUT2D eigenvalue weighted by Gasteiger charge is -2.11. The number of thiophene rings is 1. The zero-order valence-electron chi connectivity index (χ0n) is 11.0. The number of aliphatic hydroxyl groups is 1. The lowest BCUT2D eigenvalue weighted by Crippen LogP contribution is -2.19. The van der Waals surface area contributed by atoms with Crippen molar-refractivity contribution in [2.24, 2.45) is 14.1 Å². The maximum atomic E-state index is 11.9. The van der Waals surface area contributed by atoms with E-state index in [1.807, 2.05) is 17.5 Å². The van der Waals surface area contributed by atoms with Gasteiger partial charge >= 0.3 is 5.69 Å². The third-order valence-corrected chi connectivity index (χ3v) is 4.75. The molecule has 20 heavy (non-hydrogen) atoms. The maximum Gasteiger partial charge on any atom is 0.328 e. The second-order valence-electron chi connectivity index (χ2n) is 4.68. The van der Waals surface area contributed by atoms with Gasteiger partial charge in [0.15, 0.2) is 0 Å². The van der Waals surface area contributed by atoms with E-state index < -0.39 is 6.10 Å². The highest BCUT2D eigenvalue weighted by atomic mass is 35.5. The number of halogens is 1. The molecule has 2 heterocycles. The van der Waals surface area contributed by atoms with Crippen LogP contribution in [0.5, 0.6) is 0 Å². The molecule has 3 aromatic rings. The molecule has 0 spiro atoms. The zero-order valence-corrected chi connectivity index (χ0v) is 12.6. The van der Waals surface area contributed by atoms with E-state index in [0.29, 0.717) is 10.6 Å². The Morgan fingerprint density at radius 3 is 2.50 bits per heavy atom. The van der Waals surface area contributed by atoms with Crippen LogP contribution in [0.2, 0.25) is 5.02 Å². The van der Waals surface area contributed by atoms with Crippen LogP contribution in [-0.2, 0) is 14.1 Å². The molecule has 4 nitrogen and oxygen atoms in total. The highest BCUT2D eigenvalue weighted by Gasteiger charge is 2.18. The van der Waals surface area contributed by atoms with Crippen molar-refractivity contribution in [2.45, 2.75) is 6.10 Å². The van der Waals surface area contributed by atoms with Gasteiger partial charge in [-0.25, -0.2) is 4.79 Å². The topological polar surface area (TPSA) is 47.2 Å². The van der Waals surface area contributed by atoms with Gasteiger partial charge in [0.05, 0.1) is 11.0 Å². The van der Waals surface area contributed by atoms with Crippen molar-refractivity contribution in [3.63, 3.8) is 0 Å². The monoisotopic (exact) mass is 308 g/mol. The number of nitrogens with zero attached hydrogens (tertiary/aromatic N) is 2. The van der Waals surface area contributed by atoms with Crippen molar-refractivity contribution in [1.29, 1.82) is 0 Å². The Morgan fingerprint density at radius 1 is 1.25 bits per heavy atom. The molecular weight excluding hydrogens is 296 g/mol. The van der Waals surface area contributed by atoms with E-state index in [1.54, 1.807) is 35.4 Å². The molecule has 1 aromatic carbocycles. The van der Waals surface area contributed by atoms with E-state index in [2.05, 4.69) is 0 Å². The first-order valence-electron chi connectivity index (χ1n) is 6.07. The Hall–Kier alpha value is -1.56. The van der Waals surface area contributed by atoms with Crippen molar-refractivity contribution in [2.75, 3.05) is 0 Å². The molecule has 0 aliphatic heterocycles. The summed E-state index contributed by atoms with van der Waals surface area (Å²) in [6.45, 7) is 0. The lowest BCUT2D eigenvalue weighted by molar-refractivity contribution is 0.224. The first-order chi connectivity index (χ1) is 9.50.